The van der Waals surface area contributed by atoms with E-state index in [0.717, 1.165) is 29.0 Å². The highest BCUT2D eigenvalue weighted by atomic mass is 35.5. The third-order valence-electron chi connectivity index (χ3n) is 4.37. The summed E-state index contributed by atoms with van der Waals surface area (Å²) in [5.41, 5.74) is 8.43. The van der Waals surface area contributed by atoms with Gasteiger partial charge in [0.2, 0.25) is 0 Å². The first-order valence-corrected chi connectivity index (χ1v) is 8.59. The van der Waals surface area contributed by atoms with Crippen LogP contribution in [0.15, 0.2) is 48.5 Å². The number of aryl methyl sites for hydroxylation is 1. The van der Waals surface area contributed by atoms with Crippen molar-refractivity contribution in [3.8, 4) is 5.75 Å². The summed E-state index contributed by atoms with van der Waals surface area (Å²) in [4.78, 5) is 12.3. The molecule has 0 unspecified atom stereocenters. The zero-order chi connectivity index (χ0) is 17.6. The molecule has 0 radical (unpaired) electrons. The number of halogens is 1. The van der Waals surface area contributed by atoms with Crippen molar-refractivity contribution in [1.29, 1.82) is 0 Å². The van der Waals surface area contributed by atoms with Crippen LogP contribution in [-0.2, 0) is 16.1 Å². The SMILES string of the molecule is Cc1cc(OCc2ccccc2)ccc1NC(=O)[C@@H]1CC[C@H](CN)O1.Cl. The van der Waals surface area contributed by atoms with E-state index in [4.69, 9.17) is 15.2 Å². The molecule has 1 fully saturated rings. The zero-order valence-corrected chi connectivity index (χ0v) is 15.6. The molecule has 0 saturated carbocycles. The molecule has 0 aromatic heterocycles. The summed E-state index contributed by atoms with van der Waals surface area (Å²) in [5, 5.41) is 2.94. The fraction of sp³-hybridized carbons (Fsp3) is 0.350. The Bertz CT molecular complexity index is 724. The van der Waals surface area contributed by atoms with Gasteiger partial charge in [0.05, 0.1) is 6.10 Å². The van der Waals surface area contributed by atoms with Crippen LogP contribution in [0.2, 0.25) is 0 Å². The number of carbonyl (C=O) groups excluding carboxylic acids is 1. The van der Waals surface area contributed by atoms with Crippen molar-refractivity contribution in [2.45, 2.75) is 38.6 Å². The molecule has 0 aliphatic carbocycles. The van der Waals surface area contributed by atoms with Crippen LogP contribution in [0.25, 0.3) is 0 Å². The first-order chi connectivity index (χ1) is 12.2. The van der Waals surface area contributed by atoms with Gasteiger partial charge in [0.15, 0.2) is 0 Å². The fourth-order valence-corrected chi connectivity index (χ4v) is 2.89. The molecule has 2 aromatic carbocycles. The molecular formula is C20H25ClN2O3. The van der Waals surface area contributed by atoms with Crippen LogP contribution >= 0.6 is 12.4 Å². The smallest absolute Gasteiger partial charge is 0.253 e. The molecule has 1 aliphatic heterocycles. The van der Waals surface area contributed by atoms with Gasteiger partial charge in [-0.2, -0.15) is 0 Å². The van der Waals surface area contributed by atoms with Crippen molar-refractivity contribution in [1.82, 2.24) is 0 Å². The summed E-state index contributed by atoms with van der Waals surface area (Å²) >= 11 is 0. The quantitative estimate of drug-likeness (QED) is 0.809. The summed E-state index contributed by atoms with van der Waals surface area (Å²) < 4.78 is 11.4. The normalized spacial score (nSPS) is 18.8. The number of rotatable bonds is 6. The Hall–Kier alpha value is -2.08. The van der Waals surface area contributed by atoms with Gasteiger partial charge in [0.1, 0.15) is 18.5 Å². The second kappa shape index (κ2) is 9.57. The average molecular weight is 377 g/mol. The van der Waals surface area contributed by atoms with Gasteiger partial charge < -0.3 is 20.5 Å². The van der Waals surface area contributed by atoms with E-state index in [9.17, 15) is 4.79 Å². The van der Waals surface area contributed by atoms with Crippen LogP contribution in [0.1, 0.15) is 24.0 Å². The van der Waals surface area contributed by atoms with Gasteiger partial charge in [-0.15, -0.1) is 12.4 Å². The van der Waals surface area contributed by atoms with Crippen LogP contribution in [-0.4, -0.2) is 24.7 Å². The molecule has 1 amide bonds. The van der Waals surface area contributed by atoms with E-state index >= 15 is 0 Å². The molecule has 5 nitrogen and oxygen atoms in total. The van der Waals surface area contributed by atoms with Gasteiger partial charge in [-0.05, 0) is 49.1 Å². The van der Waals surface area contributed by atoms with Crippen LogP contribution in [0.4, 0.5) is 5.69 Å². The maximum Gasteiger partial charge on any atom is 0.253 e. The predicted octanol–water partition coefficient (Wildman–Crippen LogP) is 3.44. The minimum atomic E-state index is -0.415. The molecule has 0 bridgehead atoms. The molecule has 2 aromatic rings. The Labute approximate surface area is 160 Å². The summed E-state index contributed by atoms with van der Waals surface area (Å²) in [7, 11) is 0. The van der Waals surface area contributed by atoms with E-state index in [1.807, 2.05) is 55.5 Å². The zero-order valence-electron chi connectivity index (χ0n) is 14.8. The van der Waals surface area contributed by atoms with Crippen LogP contribution in [0, 0.1) is 6.92 Å². The summed E-state index contributed by atoms with van der Waals surface area (Å²) in [5.74, 6) is 0.664. The standard InChI is InChI=1S/C20H24N2O3.ClH/c1-14-11-16(24-13-15-5-3-2-4-6-15)7-9-18(14)22-20(23)19-10-8-17(12-21)25-19;/h2-7,9,11,17,19H,8,10,12-13,21H2,1H3,(H,22,23);1H/t17-,19+;/m1./s1. The topological polar surface area (TPSA) is 73.6 Å². The second-order valence-corrected chi connectivity index (χ2v) is 6.30. The highest BCUT2D eigenvalue weighted by Crippen LogP contribution is 2.24. The number of amides is 1. The number of hydrogen-bond acceptors (Lipinski definition) is 4. The molecule has 3 N–H and O–H groups in total. The fourth-order valence-electron chi connectivity index (χ4n) is 2.89. The molecule has 1 heterocycles. The third kappa shape index (κ3) is 5.21. The van der Waals surface area contributed by atoms with Crippen molar-refractivity contribution in [3.63, 3.8) is 0 Å². The number of carbonyl (C=O) groups is 1. The number of nitrogens with two attached hydrogens (primary N) is 1. The van der Waals surface area contributed by atoms with E-state index in [1.165, 1.54) is 0 Å². The monoisotopic (exact) mass is 376 g/mol. The van der Waals surface area contributed by atoms with E-state index in [1.54, 1.807) is 0 Å². The maximum atomic E-state index is 12.3. The van der Waals surface area contributed by atoms with Crippen LogP contribution < -0.4 is 15.8 Å². The number of hydrogen-bond donors (Lipinski definition) is 2. The lowest BCUT2D eigenvalue weighted by atomic mass is 10.1. The molecule has 0 spiro atoms. The van der Waals surface area contributed by atoms with E-state index in [2.05, 4.69) is 5.32 Å². The summed E-state index contributed by atoms with van der Waals surface area (Å²) in [6, 6.07) is 15.7. The lowest BCUT2D eigenvalue weighted by molar-refractivity contribution is -0.126. The minimum Gasteiger partial charge on any atom is -0.489 e. The Morgan fingerprint density at radius 2 is 2.00 bits per heavy atom. The third-order valence-corrected chi connectivity index (χ3v) is 4.37. The van der Waals surface area contributed by atoms with Crippen LogP contribution in [0.3, 0.4) is 0 Å². The minimum absolute atomic E-state index is 0. The Balaban J connectivity index is 0.00000243. The average Bonchev–Trinajstić information content (AvgIpc) is 3.12. The van der Waals surface area contributed by atoms with Crippen molar-refractivity contribution in [3.05, 3.63) is 59.7 Å². The summed E-state index contributed by atoms with van der Waals surface area (Å²) in [6.07, 6.45) is 1.12. The first kappa shape index (κ1) is 20.2. The molecule has 1 saturated heterocycles. The van der Waals surface area contributed by atoms with Gasteiger partial charge in [0.25, 0.3) is 5.91 Å². The van der Waals surface area contributed by atoms with Gasteiger partial charge >= 0.3 is 0 Å². The number of nitrogens with one attached hydrogen (secondary N) is 1. The Kier molecular flexibility index (Phi) is 7.45. The Morgan fingerprint density at radius 3 is 2.65 bits per heavy atom. The van der Waals surface area contributed by atoms with Crippen molar-refractivity contribution < 1.29 is 14.3 Å². The van der Waals surface area contributed by atoms with Crippen molar-refractivity contribution in [2.24, 2.45) is 5.73 Å². The summed E-state index contributed by atoms with van der Waals surface area (Å²) in [6.45, 7) is 2.92. The molecule has 6 heteroatoms. The molecular weight excluding hydrogens is 352 g/mol. The molecule has 140 valence electrons. The van der Waals surface area contributed by atoms with E-state index in [0.29, 0.717) is 19.6 Å². The van der Waals surface area contributed by atoms with Gasteiger partial charge in [0, 0.05) is 12.2 Å². The number of anilines is 1. The second-order valence-electron chi connectivity index (χ2n) is 6.30. The largest absolute Gasteiger partial charge is 0.489 e. The van der Waals surface area contributed by atoms with Crippen molar-refractivity contribution in [2.75, 3.05) is 11.9 Å². The number of ether oxygens (including phenoxy) is 2. The van der Waals surface area contributed by atoms with E-state index < -0.39 is 6.10 Å². The predicted molar refractivity (Wildman–Crippen MR) is 105 cm³/mol. The molecule has 3 rings (SSSR count). The molecule has 26 heavy (non-hydrogen) atoms. The van der Waals surface area contributed by atoms with Gasteiger partial charge in [-0.1, -0.05) is 30.3 Å². The molecule has 1 aliphatic rings. The highest BCUT2D eigenvalue weighted by Gasteiger charge is 2.30. The molecule has 2 atom stereocenters. The van der Waals surface area contributed by atoms with E-state index in [-0.39, 0.29) is 24.4 Å². The number of benzene rings is 2. The highest BCUT2D eigenvalue weighted by molar-refractivity contribution is 5.95. The van der Waals surface area contributed by atoms with Crippen molar-refractivity contribution >= 4 is 24.0 Å². The lowest BCUT2D eigenvalue weighted by Crippen LogP contribution is -2.30. The van der Waals surface area contributed by atoms with Gasteiger partial charge in [-0.3, -0.25) is 4.79 Å². The van der Waals surface area contributed by atoms with Gasteiger partial charge in [-0.25, -0.2) is 0 Å². The lowest BCUT2D eigenvalue weighted by Gasteiger charge is -2.15. The maximum absolute atomic E-state index is 12.3. The first-order valence-electron chi connectivity index (χ1n) is 8.59. The van der Waals surface area contributed by atoms with Crippen LogP contribution in [0.5, 0.6) is 5.75 Å². The Morgan fingerprint density at radius 1 is 1.23 bits per heavy atom.